The van der Waals surface area contributed by atoms with E-state index < -0.39 is 10.0 Å². The highest BCUT2D eigenvalue weighted by atomic mass is 32.2. The smallest absolute Gasteiger partial charge is 0.261 e. The molecule has 0 aliphatic carbocycles. The maximum absolute atomic E-state index is 13.0. The van der Waals surface area contributed by atoms with Gasteiger partial charge in [-0.3, -0.25) is 9.52 Å². The molecule has 1 aliphatic rings. The van der Waals surface area contributed by atoms with E-state index in [1.807, 2.05) is 49.1 Å². The van der Waals surface area contributed by atoms with Gasteiger partial charge in [0.15, 0.2) is 0 Å². The van der Waals surface area contributed by atoms with E-state index in [2.05, 4.69) is 9.62 Å². The van der Waals surface area contributed by atoms with Crippen molar-refractivity contribution in [3.8, 4) is 5.75 Å². The Kier molecular flexibility index (Phi) is 6.79. The van der Waals surface area contributed by atoms with Crippen LogP contribution in [0.25, 0.3) is 0 Å². The average Bonchev–Trinajstić information content (AvgIpc) is 2.83. The summed E-state index contributed by atoms with van der Waals surface area (Å²) in [6.07, 6.45) is 0. The molecule has 4 rings (SSSR count). The lowest BCUT2D eigenvalue weighted by atomic mass is 10.1. The number of sulfonamides is 1. The number of aryl methyl sites for hydroxylation is 2. The van der Waals surface area contributed by atoms with Crippen LogP contribution >= 0.6 is 0 Å². The van der Waals surface area contributed by atoms with Crippen molar-refractivity contribution in [3.63, 3.8) is 0 Å². The normalized spacial score (nSPS) is 14.1. The number of hydrogen-bond donors (Lipinski definition) is 1. The lowest BCUT2D eigenvalue weighted by molar-refractivity contribution is 0.0746. The van der Waals surface area contributed by atoms with Crippen LogP contribution in [0.4, 0.5) is 11.4 Å². The number of nitrogens with one attached hydrogen (secondary N) is 1. The second kappa shape index (κ2) is 9.77. The molecule has 178 valence electrons. The first-order valence-corrected chi connectivity index (χ1v) is 12.6. The molecule has 0 atom stereocenters. The maximum atomic E-state index is 13.0. The fourth-order valence-corrected chi connectivity index (χ4v) is 5.45. The summed E-state index contributed by atoms with van der Waals surface area (Å²) >= 11 is 0. The number of rotatable bonds is 6. The van der Waals surface area contributed by atoms with Crippen LogP contribution in [0, 0.1) is 13.8 Å². The van der Waals surface area contributed by atoms with Crippen molar-refractivity contribution in [2.24, 2.45) is 0 Å². The molecular weight excluding hydrogens is 450 g/mol. The second-order valence-electron chi connectivity index (χ2n) is 8.46. The first-order valence-electron chi connectivity index (χ1n) is 11.2. The lowest BCUT2D eigenvalue weighted by Crippen LogP contribution is -2.48. The van der Waals surface area contributed by atoms with Gasteiger partial charge in [-0.1, -0.05) is 18.2 Å². The van der Waals surface area contributed by atoms with Gasteiger partial charge in [-0.05, 0) is 73.5 Å². The van der Waals surface area contributed by atoms with E-state index in [4.69, 9.17) is 4.74 Å². The number of amides is 1. The standard InChI is InChI=1S/C26H29N3O4S/c1-19-16-20(2)18-23(17-19)34(31,32)27-22-10-8-21(9-11-22)26(30)29-14-12-28(13-15-29)24-6-4-5-7-25(24)33-3/h4-11,16-18,27H,12-15H2,1-3H3. The summed E-state index contributed by atoms with van der Waals surface area (Å²) in [7, 11) is -2.05. The predicted molar refractivity (Wildman–Crippen MR) is 134 cm³/mol. The quantitative estimate of drug-likeness (QED) is 0.577. The zero-order valence-electron chi connectivity index (χ0n) is 19.6. The monoisotopic (exact) mass is 479 g/mol. The van der Waals surface area contributed by atoms with Crippen molar-refractivity contribution in [1.82, 2.24) is 4.90 Å². The lowest BCUT2D eigenvalue weighted by Gasteiger charge is -2.36. The molecule has 1 heterocycles. The molecule has 0 radical (unpaired) electrons. The number of piperazine rings is 1. The zero-order valence-corrected chi connectivity index (χ0v) is 20.4. The molecule has 1 fully saturated rings. The first-order chi connectivity index (χ1) is 16.3. The minimum Gasteiger partial charge on any atom is -0.495 e. The van der Waals surface area contributed by atoms with E-state index in [0.717, 1.165) is 22.6 Å². The van der Waals surface area contributed by atoms with Gasteiger partial charge in [-0.25, -0.2) is 8.42 Å². The summed E-state index contributed by atoms with van der Waals surface area (Å²) in [6, 6.07) is 19.6. The molecule has 1 saturated heterocycles. The third kappa shape index (κ3) is 5.17. The Morgan fingerprint density at radius 2 is 1.50 bits per heavy atom. The van der Waals surface area contributed by atoms with Crippen LogP contribution in [0.2, 0.25) is 0 Å². The summed E-state index contributed by atoms with van der Waals surface area (Å²) in [5.41, 5.74) is 3.73. The van der Waals surface area contributed by atoms with Gasteiger partial charge in [0.2, 0.25) is 0 Å². The van der Waals surface area contributed by atoms with Crippen LogP contribution in [0.3, 0.4) is 0 Å². The zero-order chi connectivity index (χ0) is 24.3. The van der Waals surface area contributed by atoms with E-state index in [9.17, 15) is 13.2 Å². The van der Waals surface area contributed by atoms with Crippen molar-refractivity contribution in [3.05, 3.63) is 83.4 Å². The van der Waals surface area contributed by atoms with Gasteiger partial charge in [0.25, 0.3) is 15.9 Å². The number of benzene rings is 3. The first kappa shape index (κ1) is 23.6. The van der Waals surface area contributed by atoms with E-state index >= 15 is 0 Å². The minimum absolute atomic E-state index is 0.0663. The molecule has 0 spiro atoms. The molecule has 0 aromatic heterocycles. The van der Waals surface area contributed by atoms with E-state index in [1.165, 1.54) is 0 Å². The van der Waals surface area contributed by atoms with Crippen LogP contribution in [0.5, 0.6) is 5.75 Å². The number of hydrogen-bond acceptors (Lipinski definition) is 5. The van der Waals surface area contributed by atoms with E-state index in [1.54, 1.807) is 43.5 Å². The molecule has 0 saturated carbocycles. The Balaban J connectivity index is 1.40. The molecule has 1 N–H and O–H groups in total. The molecule has 1 amide bonds. The summed E-state index contributed by atoms with van der Waals surface area (Å²) in [4.78, 5) is 17.3. The number of nitrogens with zero attached hydrogens (tertiary/aromatic N) is 2. The van der Waals surface area contributed by atoms with Gasteiger partial charge in [-0.2, -0.15) is 0 Å². The minimum atomic E-state index is -3.71. The van der Waals surface area contributed by atoms with Crippen LogP contribution in [-0.2, 0) is 10.0 Å². The fraction of sp³-hybridized carbons (Fsp3) is 0.269. The van der Waals surface area contributed by atoms with Gasteiger partial charge >= 0.3 is 0 Å². The van der Waals surface area contributed by atoms with Crippen molar-refractivity contribution in [2.75, 3.05) is 42.9 Å². The summed E-state index contributed by atoms with van der Waals surface area (Å²) in [6.45, 7) is 6.33. The molecule has 7 nitrogen and oxygen atoms in total. The molecule has 3 aromatic carbocycles. The van der Waals surface area contributed by atoms with Crippen molar-refractivity contribution in [1.29, 1.82) is 0 Å². The van der Waals surface area contributed by atoms with Crippen LogP contribution in [0.15, 0.2) is 71.6 Å². The topological polar surface area (TPSA) is 79.0 Å². The molecule has 34 heavy (non-hydrogen) atoms. The van der Waals surface area contributed by atoms with Crippen molar-refractivity contribution < 1.29 is 17.9 Å². The Hall–Kier alpha value is -3.52. The van der Waals surface area contributed by atoms with Crippen LogP contribution in [-0.4, -0.2) is 52.5 Å². The van der Waals surface area contributed by atoms with Gasteiger partial charge in [0.05, 0.1) is 17.7 Å². The van der Waals surface area contributed by atoms with Gasteiger partial charge < -0.3 is 14.5 Å². The highest BCUT2D eigenvalue weighted by molar-refractivity contribution is 7.92. The largest absolute Gasteiger partial charge is 0.495 e. The number of methoxy groups -OCH3 is 1. The summed E-state index contributed by atoms with van der Waals surface area (Å²) in [5.74, 6) is 0.754. The Morgan fingerprint density at radius 1 is 0.882 bits per heavy atom. The number of para-hydroxylation sites is 2. The fourth-order valence-electron chi connectivity index (χ4n) is 4.21. The average molecular weight is 480 g/mol. The molecule has 8 heteroatoms. The highest BCUT2D eigenvalue weighted by Gasteiger charge is 2.24. The van der Waals surface area contributed by atoms with Crippen LogP contribution in [0.1, 0.15) is 21.5 Å². The summed E-state index contributed by atoms with van der Waals surface area (Å²) in [5, 5.41) is 0. The number of carbonyl (C=O) groups is 1. The van der Waals surface area contributed by atoms with Crippen molar-refractivity contribution in [2.45, 2.75) is 18.7 Å². The Labute approximate surface area is 201 Å². The number of anilines is 2. The SMILES string of the molecule is COc1ccccc1N1CCN(C(=O)c2ccc(NS(=O)(=O)c3cc(C)cc(C)c3)cc2)CC1. The number of carbonyl (C=O) groups excluding carboxylic acids is 1. The molecule has 3 aromatic rings. The van der Waals surface area contributed by atoms with Gasteiger partial charge in [0.1, 0.15) is 5.75 Å². The summed E-state index contributed by atoms with van der Waals surface area (Å²) < 4.78 is 33.6. The third-order valence-electron chi connectivity index (χ3n) is 5.88. The van der Waals surface area contributed by atoms with E-state index in [0.29, 0.717) is 37.4 Å². The van der Waals surface area contributed by atoms with Gasteiger partial charge in [-0.15, -0.1) is 0 Å². The highest BCUT2D eigenvalue weighted by Crippen LogP contribution is 2.28. The molecule has 1 aliphatic heterocycles. The van der Waals surface area contributed by atoms with Crippen LogP contribution < -0.4 is 14.4 Å². The van der Waals surface area contributed by atoms with Crippen molar-refractivity contribution >= 4 is 27.3 Å². The predicted octanol–water partition coefficient (Wildman–Crippen LogP) is 4.08. The Morgan fingerprint density at radius 3 is 2.12 bits per heavy atom. The molecule has 0 bridgehead atoms. The second-order valence-corrected chi connectivity index (χ2v) is 10.1. The third-order valence-corrected chi connectivity index (χ3v) is 7.24. The molecular formula is C26H29N3O4S. The van der Waals surface area contributed by atoms with E-state index in [-0.39, 0.29) is 10.8 Å². The van der Waals surface area contributed by atoms with Gasteiger partial charge in [0, 0.05) is 37.4 Å². The maximum Gasteiger partial charge on any atom is 0.261 e. The Bertz CT molecular complexity index is 1260. The molecule has 0 unspecified atom stereocenters. The number of ether oxygens (including phenoxy) is 1.